The van der Waals surface area contributed by atoms with Crippen LogP contribution in [-0.4, -0.2) is 63.9 Å². The van der Waals surface area contributed by atoms with Gasteiger partial charge in [0, 0.05) is 6.20 Å². The van der Waals surface area contributed by atoms with Crippen molar-refractivity contribution in [3.8, 4) is 23.3 Å². The quantitative estimate of drug-likeness (QED) is 0.276. The lowest BCUT2D eigenvalue weighted by molar-refractivity contribution is -0.00177. The van der Waals surface area contributed by atoms with Crippen molar-refractivity contribution in [3.05, 3.63) is 78.5 Å². The van der Waals surface area contributed by atoms with Crippen LogP contribution in [0.5, 0.6) is 0 Å². The predicted molar refractivity (Wildman–Crippen MR) is 139 cm³/mol. The SMILES string of the molecule is CC(C)(O)[C@H](F)CNC(=O)c1cnc(-c2ccc3cc(C#N)cnn23)cc1Nc1ccc(-n2nccn2)nc1. The van der Waals surface area contributed by atoms with Crippen molar-refractivity contribution in [2.75, 3.05) is 11.9 Å². The van der Waals surface area contributed by atoms with Crippen LogP contribution in [0.2, 0.25) is 0 Å². The molecule has 5 rings (SSSR count). The lowest BCUT2D eigenvalue weighted by atomic mass is 10.0. The Balaban J connectivity index is 1.49. The first-order chi connectivity index (χ1) is 18.7. The van der Waals surface area contributed by atoms with Crippen LogP contribution in [0.1, 0.15) is 29.8 Å². The number of nitriles is 1. The van der Waals surface area contributed by atoms with Gasteiger partial charge in [-0.15, -0.1) is 4.80 Å². The number of carbonyl (C=O) groups excluding carboxylic acids is 1. The maximum Gasteiger partial charge on any atom is 0.255 e. The van der Waals surface area contributed by atoms with Crippen LogP contribution in [0.3, 0.4) is 0 Å². The van der Waals surface area contributed by atoms with Gasteiger partial charge in [-0.2, -0.15) is 20.6 Å². The van der Waals surface area contributed by atoms with E-state index < -0.39 is 17.7 Å². The number of fused-ring (bicyclic) bond motifs is 1. The molecular weight excluding hydrogens is 503 g/mol. The molecule has 39 heavy (non-hydrogen) atoms. The highest BCUT2D eigenvalue weighted by Crippen LogP contribution is 2.28. The summed E-state index contributed by atoms with van der Waals surface area (Å²) in [5.74, 6) is -0.0763. The topological polar surface area (TPSA) is 159 Å². The highest BCUT2D eigenvalue weighted by molar-refractivity contribution is 6.00. The standard InChI is InChI=1S/C26H23FN10O2/c1-26(2,39)23(27)15-31-25(38)19-14-29-21(22-5-4-18-9-16(11-28)12-34-36(18)22)10-20(19)35-17-3-6-24(30-13-17)37-32-7-8-33-37/h3-10,12-14,23,39H,15H2,1-2H3,(H,29,35)(H,31,38)/t23-/m1/s1. The fourth-order valence-corrected chi connectivity index (χ4v) is 3.73. The zero-order valence-corrected chi connectivity index (χ0v) is 20.9. The van der Waals surface area contributed by atoms with Gasteiger partial charge in [-0.1, -0.05) is 0 Å². The molecule has 5 aromatic heterocycles. The Bertz CT molecular complexity index is 1670. The molecule has 196 valence electrons. The predicted octanol–water partition coefficient (Wildman–Crippen LogP) is 2.83. The first kappa shape index (κ1) is 25.4. The van der Waals surface area contributed by atoms with Gasteiger partial charge < -0.3 is 15.7 Å². The monoisotopic (exact) mass is 526 g/mol. The Hall–Kier alpha value is -5.22. The summed E-state index contributed by atoms with van der Waals surface area (Å²) < 4.78 is 15.9. The van der Waals surface area contributed by atoms with Crippen LogP contribution in [0.25, 0.3) is 22.7 Å². The summed E-state index contributed by atoms with van der Waals surface area (Å²) in [5.41, 5.74) is 1.75. The van der Waals surface area contributed by atoms with Gasteiger partial charge in [0.2, 0.25) is 0 Å². The van der Waals surface area contributed by atoms with E-state index in [-0.39, 0.29) is 12.1 Å². The van der Waals surface area contributed by atoms with Crippen molar-refractivity contribution in [1.82, 2.24) is 39.9 Å². The van der Waals surface area contributed by atoms with Gasteiger partial charge >= 0.3 is 0 Å². The Labute approximate surface area is 221 Å². The van der Waals surface area contributed by atoms with Crippen LogP contribution in [0.15, 0.2) is 67.4 Å². The van der Waals surface area contributed by atoms with E-state index in [1.165, 1.54) is 31.0 Å². The average molecular weight is 527 g/mol. The second-order valence-corrected chi connectivity index (χ2v) is 9.21. The largest absolute Gasteiger partial charge is 0.387 e. The molecule has 0 saturated heterocycles. The number of nitrogens with one attached hydrogen (secondary N) is 2. The smallest absolute Gasteiger partial charge is 0.255 e. The Morgan fingerprint density at radius 2 is 1.90 bits per heavy atom. The molecule has 0 saturated carbocycles. The molecule has 13 heteroatoms. The normalized spacial score (nSPS) is 12.2. The Kier molecular flexibility index (Phi) is 6.70. The highest BCUT2D eigenvalue weighted by atomic mass is 19.1. The summed E-state index contributed by atoms with van der Waals surface area (Å²) in [7, 11) is 0. The van der Waals surface area contributed by atoms with E-state index >= 15 is 0 Å². The molecule has 0 fully saturated rings. The molecule has 0 aliphatic carbocycles. The van der Waals surface area contributed by atoms with Gasteiger partial charge in [-0.25, -0.2) is 13.9 Å². The van der Waals surface area contributed by atoms with Crippen LogP contribution in [-0.2, 0) is 0 Å². The molecule has 1 amide bonds. The van der Waals surface area contributed by atoms with Gasteiger partial charge in [-0.05, 0) is 50.2 Å². The molecule has 3 N–H and O–H groups in total. The number of halogens is 1. The molecule has 0 unspecified atom stereocenters. The summed E-state index contributed by atoms with van der Waals surface area (Å²) in [4.78, 5) is 23.2. The number of amides is 1. The van der Waals surface area contributed by atoms with Gasteiger partial charge in [-0.3, -0.25) is 9.78 Å². The van der Waals surface area contributed by atoms with Crippen LogP contribution < -0.4 is 10.6 Å². The van der Waals surface area contributed by atoms with Crippen molar-refractivity contribution in [3.63, 3.8) is 0 Å². The minimum Gasteiger partial charge on any atom is -0.387 e. The summed E-state index contributed by atoms with van der Waals surface area (Å²) in [6, 6.07) is 12.5. The molecule has 0 aliphatic heterocycles. The zero-order valence-electron chi connectivity index (χ0n) is 20.9. The first-order valence-corrected chi connectivity index (χ1v) is 11.9. The second kappa shape index (κ2) is 10.3. The number of hydrogen-bond acceptors (Lipinski definition) is 9. The molecule has 0 aromatic carbocycles. The fraction of sp³-hybridized carbons (Fsp3) is 0.192. The average Bonchev–Trinajstić information content (AvgIpc) is 3.61. The second-order valence-electron chi connectivity index (χ2n) is 9.21. The van der Waals surface area contributed by atoms with E-state index in [0.29, 0.717) is 39.7 Å². The molecule has 0 spiro atoms. The van der Waals surface area contributed by atoms with Gasteiger partial charge in [0.15, 0.2) is 5.82 Å². The number of rotatable bonds is 8. The number of aromatic nitrogens is 7. The van der Waals surface area contributed by atoms with E-state index in [1.807, 2.05) is 6.07 Å². The molecule has 0 aliphatic rings. The Morgan fingerprint density at radius 1 is 1.10 bits per heavy atom. The van der Waals surface area contributed by atoms with Crippen molar-refractivity contribution in [2.24, 2.45) is 0 Å². The van der Waals surface area contributed by atoms with Crippen LogP contribution in [0.4, 0.5) is 15.8 Å². The zero-order chi connectivity index (χ0) is 27.6. The van der Waals surface area contributed by atoms with Gasteiger partial charge in [0.1, 0.15) is 12.2 Å². The van der Waals surface area contributed by atoms with Gasteiger partial charge in [0.25, 0.3) is 5.91 Å². The molecule has 1 atom stereocenters. The number of pyridine rings is 2. The molecule has 12 nitrogen and oxygen atoms in total. The fourth-order valence-electron chi connectivity index (χ4n) is 3.73. The van der Waals surface area contributed by atoms with E-state index in [4.69, 9.17) is 5.26 Å². The lowest BCUT2D eigenvalue weighted by Gasteiger charge is -2.22. The molecule has 0 radical (unpaired) electrons. The first-order valence-electron chi connectivity index (χ1n) is 11.9. The summed E-state index contributed by atoms with van der Waals surface area (Å²) >= 11 is 0. The van der Waals surface area contributed by atoms with Crippen LogP contribution in [0, 0.1) is 11.3 Å². The van der Waals surface area contributed by atoms with Crippen molar-refractivity contribution >= 4 is 22.8 Å². The van der Waals surface area contributed by atoms with Crippen molar-refractivity contribution < 1.29 is 14.3 Å². The number of alkyl halides is 1. The van der Waals surface area contributed by atoms with E-state index in [0.717, 1.165) is 0 Å². The summed E-state index contributed by atoms with van der Waals surface area (Å²) in [6.45, 7) is 2.28. The summed E-state index contributed by atoms with van der Waals surface area (Å²) in [6.07, 6.45) is 5.80. The number of nitrogens with zero attached hydrogens (tertiary/aromatic N) is 8. The molecular formula is C26H23FN10O2. The number of anilines is 2. The molecule has 5 heterocycles. The Morgan fingerprint density at radius 3 is 2.59 bits per heavy atom. The van der Waals surface area contributed by atoms with Crippen molar-refractivity contribution in [2.45, 2.75) is 25.6 Å². The highest BCUT2D eigenvalue weighted by Gasteiger charge is 2.27. The molecule has 5 aromatic rings. The van der Waals surface area contributed by atoms with E-state index in [9.17, 15) is 14.3 Å². The third-order valence-corrected chi connectivity index (χ3v) is 5.90. The number of carbonyl (C=O) groups is 1. The maximum absolute atomic E-state index is 14.3. The summed E-state index contributed by atoms with van der Waals surface area (Å²) in [5, 5.41) is 37.2. The minimum absolute atomic E-state index is 0.153. The van der Waals surface area contributed by atoms with E-state index in [1.54, 1.807) is 53.4 Å². The maximum atomic E-state index is 14.3. The number of aliphatic hydroxyl groups is 1. The third kappa shape index (κ3) is 5.41. The van der Waals surface area contributed by atoms with E-state index in [2.05, 4.69) is 42.0 Å². The molecule has 0 bridgehead atoms. The van der Waals surface area contributed by atoms with Crippen molar-refractivity contribution in [1.29, 1.82) is 5.26 Å². The van der Waals surface area contributed by atoms with Crippen LogP contribution >= 0.6 is 0 Å². The lowest BCUT2D eigenvalue weighted by Crippen LogP contribution is -2.42. The third-order valence-electron chi connectivity index (χ3n) is 5.90. The van der Waals surface area contributed by atoms with Gasteiger partial charge in [0.05, 0.1) is 76.3 Å². The minimum atomic E-state index is -1.67. The number of hydrogen-bond donors (Lipinski definition) is 3.